The fourth-order valence-corrected chi connectivity index (χ4v) is 9.29. The van der Waals surface area contributed by atoms with E-state index < -0.39 is 0 Å². The lowest BCUT2D eigenvalue weighted by atomic mass is 9.99. The highest BCUT2D eigenvalue weighted by atomic mass is 19.1. The first-order chi connectivity index (χ1) is 36.7. The maximum Gasteiger partial charge on any atom is 0.253 e. The molecule has 0 bridgehead atoms. The van der Waals surface area contributed by atoms with Crippen LogP contribution in [0.15, 0.2) is 140 Å². The molecule has 15 nitrogen and oxygen atoms in total. The third-order valence-electron chi connectivity index (χ3n) is 13.5. The molecule has 9 aromatic rings. The average Bonchev–Trinajstić information content (AvgIpc) is 3.48. The number of ether oxygens (including phenoxy) is 3. The summed E-state index contributed by atoms with van der Waals surface area (Å²) in [7, 11) is 3.52. The van der Waals surface area contributed by atoms with Crippen molar-refractivity contribution >= 4 is 56.5 Å². The predicted octanol–water partition coefficient (Wildman–Crippen LogP) is 9.04. The quantitative estimate of drug-likeness (QED) is 0.154. The van der Waals surface area contributed by atoms with Gasteiger partial charge in [0.25, 0.3) is 5.91 Å². The number of aromatic nitrogens is 6. The van der Waals surface area contributed by atoms with Crippen LogP contribution in [-0.4, -0.2) is 139 Å². The first kappa shape index (κ1) is 50.5. The van der Waals surface area contributed by atoms with Gasteiger partial charge in [0, 0.05) is 58.9 Å². The number of hydrogen-bond donors (Lipinski definition) is 1. The van der Waals surface area contributed by atoms with E-state index in [2.05, 4.69) is 29.7 Å². The van der Waals surface area contributed by atoms with E-state index in [4.69, 9.17) is 29.2 Å². The summed E-state index contributed by atoms with van der Waals surface area (Å²) in [6.07, 6.45) is 5.46. The number of aliphatic hydroxyl groups is 1. The van der Waals surface area contributed by atoms with Crippen LogP contribution in [0, 0.1) is 12.7 Å². The number of nitrogens with zero attached hydrogens (tertiary/aromatic N) is 10. The van der Waals surface area contributed by atoms with E-state index in [1.165, 1.54) is 6.07 Å². The Kier molecular flexibility index (Phi) is 15.8. The summed E-state index contributed by atoms with van der Waals surface area (Å²) < 4.78 is 29.8. The summed E-state index contributed by atoms with van der Waals surface area (Å²) in [5.41, 5.74) is 13.6. The Balaban J connectivity index is 0.000000129. The first-order valence-corrected chi connectivity index (χ1v) is 25.2. The molecule has 0 atom stereocenters. The Bertz CT molecular complexity index is 3450. The molecule has 0 aliphatic carbocycles. The van der Waals surface area contributed by atoms with Crippen LogP contribution >= 0.6 is 0 Å². The second-order valence-electron chi connectivity index (χ2n) is 18.6. The molecule has 3 fully saturated rings. The van der Waals surface area contributed by atoms with Crippen molar-refractivity contribution in [1.82, 2.24) is 34.8 Å². The number of morpholine rings is 3. The number of anilines is 3. The maximum atomic E-state index is 13.6. The molecule has 382 valence electrons. The molecule has 3 aliphatic rings. The number of fused-ring (bicyclic) bond motifs is 3. The van der Waals surface area contributed by atoms with Crippen LogP contribution in [0.25, 0.3) is 66.5 Å². The third-order valence-corrected chi connectivity index (χ3v) is 13.5. The molecule has 0 radical (unpaired) electrons. The monoisotopic (exact) mass is 1010 g/mol. The van der Waals surface area contributed by atoms with Crippen LogP contribution in [0.1, 0.15) is 21.5 Å². The van der Waals surface area contributed by atoms with Crippen molar-refractivity contribution in [3.05, 3.63) is 162 Å². The summed E-state index contributed by atoms with van der Waals surface area (Å²) in [6, 6.07) is 38.4. The molecule has 0 unspecified atom stereocenters. The van der Waals surface area contributed by atoms with Gasteiger partial charge < -0.3 is 38.9 Å². The lowest BCUT2D eigenvalue weighted by Crippen LogP contribution is -2.36. The van der Waals surface area contributed by atoms with Gasteiger partial charge >= 0.3 is 0 Å². The molecule has 6 aromatic carbocycles. The molecule has 3 aliphatic heterocycles. The van der Waals surface area contributed by atoms with Crippen LogP contribution in [0.3, 0.4) is 0 Å². The molecule has 0 saturated carbocycles. The second-order valence-corrected chi connectivity index (χ2v) is 18.6. The van der Waals surface area contributed by atoms with Gasteiger partial charge in [0.15, 0.2) is 0 Å². The van der Waals surface area contributed by atoms with Gasteiger partial charge in [-0.3, -0.25) is 19.7 Å². The molecule has 3 saturated heterocycles. The molecule has 6 heterocycles. The van der Waals surface area contributed by atoms with Gasteiger partial charge in [0.1, 0.15) is 23.3 Å². The minimum atomic E-state index is -0.233. The average molecular weight is 1010 g/mol. The summed E-state index contributed by atoms with van der Waals surface area (Å²) >= 11 is 0. The molecule has 16 heteroatoms. The van der Waals surface area contributed by atoms with Crippen molar-refractivity contribution in [3.63, 3.8) is 0 Å². The smallest absolute Gasteiger partial charge is 0.253 e. The van der Waals surface area contributed by atoms with E-state index in [0.717, 1.165) is 148 Å². The SMILES string of the molecule is CN(C)C(=O)c1cccc(-c2ccc3ncc(N4CCOCC4)nc3c2)c1.Cc1ccc(F)cc1-c1ccc2ncc(N3CCOCC3)nc2c1.OCc1ccccc1-c1ccc2ncc(N3CCOCC3)nc2c1. The minimum Gasteiger partial charge on any atom is -0.392 e. The van der Waals surface area contributed by atoms with Gasteiger partial charge in [-0.25, -0.2) is 19.3 Å². The van der Waals surface area contributed by atoms with Gasteiger partial charge in [0.2, 0.25) is 0 Å². The molecule has 1 amide bonds. The van der Waals surface area contributed by atoms with E-state index in [-0.39, 0.29) is 18.3 Å². The Labute approximate surface area is 435 Å². The highest BCUT2D eigenvalue weighted by Gasteiger charge is 2.18. The normalized spacial score (nSPS) is 14.8. The minimum absolute atomic E-state index is 0.00738. The molecular weight excluding hydrogens is 948 g/mol. The number of hydrogen-bond acceptors (Lipinski definition) is 14. The van der Waals surface area contributed by atoms with Crippen LogP contribution in [0.5, 0.6) is 0 Å². The highest BCUT2D eigenvalue weighted by Crippen LogP contribution is 2.30. The Hall–Kier alpha value is -8.02. The molecule has 0 spiro atoms. The number of halogens is 1. The van der Waals surface area contributed by atoms with Gasteiger partial charge in [-0.1, -0.05) is 60.7 Å². The highest BCUT2D eigenvalue weighted by molar-refractivity contribution is 5.95. The number of aliphatic hydroxyl groups excluding tert-OH is 1. The van der Waals surface area contributed by atoms with Crippen LogP contribution < -0.4 is 14.7 Å². The summed E-state index contributed by atoms with van der Waals surface area (Å²) in [5.74, 6) is 2.38. The van der Waals surface area contributed by atoms with Crippen LogP contribution in [-0.2, 0) is 20.8 Å². The molecule has 1 N–H and O–H groups in total. The second kappa shape index (κ2) is 23.5. The van der Waals surface area contributed by atoms with E-state index in [0.29, 0.717) is 32.0 Å². The largest absolute Gasteiger partial charge is 0.392 e. The van der Waals surface area contributed by atoms with Gasteiger partial charge in [-0.05, 0) is 112 Å². The van der Waals surface area contributed by atoms with Gasteiger partial charge in [0.05, 0.1) is 97.9 Å². The number of rotatable bonds is 8. The zero-order chi connectivity index (χ0) is 51.7. The molecule has 75 heavy (non-hydrogen) atoms. The number of benzene rings is 6. The number of amides is 1. The lowest BCUT2D eigenvalue weighted by Gasteiger charge is -2.27. The fraction of sp³-hybridized carbons (Fsp3) is 0.271. The Morgan fingerprint density at radius 1 is 0.520 bits per heavy atom. The predicted molar refractivity (Wildman–Crippen MR) is 293 cm³/mol. The number of carbonyl (C=O) groups excluding carboxylic acids is 1. The van der Waals surface area contributed by atoms with Crippen LogP contribution in [0.4, 0.5) is 21.8 Å². The van der Waals surface area contributed by atoms with E-state index >= 15 is 0 Å². The van der Waals surface area contributed by atoms with Gasteiger partial charge in [-0.2, -0.15) is 0 Å². The van der Waals surface area contributed by atoms with E-state index in [1.54, 1.807) is 37.3 Å². The fourth-order valence-electron chi connectivity index (χ4n) is 9.29. The topological polar surface area (TPSA) is 155 Å². The summed E-state index contributed by atoms with van der Waals surface area (Å²) in [6.45, 7) is 11.3. The van der Waals surface area contributed by atoms with E-state index in [9.17, 15) is 14.3 Å². The molecule has 12 rings (SSSR count). The first-order valence-electron chi connectivity index (χ1n) is 25.2. The summed E-state index contributed by atoms with van der Waals surface area (Å²) in [5, 5.41) is 9.56. The zero-order valence-electron chi connectivity index (χ0n) is 42.4. The molecular formula is C59H59FN10O5. The van der Waals surface area contributed by atoms with Crippen molar-refractivity contribution in [2.24, 2.45) is 0 Å². The van der Waals surface area contributed by atoms with Crippen molar-refractivity contribution in [3.8, 4) is 33.4 Å². The zero-order valence-corrected chi connectivity index (χ0v) is 42.4. The van der Waals surface area contributed by atoms with Crippen molar-refractivity contribution in [1.29, 1.82) is 0 Å². The van der Waals surface area contributed by atoms with Crippen LogP contribution in [0.2, 0.25) is 0 Å². The standard InChI is InChI=1S/C21H22N4O2.C19H18FN3O.C19H19N3O2/c1-24(2)21(26)17-5-3-4-15(12-17)16-6-7-18-19(13-16)23-20(14-22-18)25-8-10-27-11-9-25;1-13-2-4-15(20)11-16(13)14-3-5-17-18(10-14)22-19(12-21-17)23-6-8-24-9-7-23;23-13-15-3-1-2-4-16(15)14-5-6-17-18(11-14)21-19(12-20-17)22-7-9-24-10-8-22/h3-7,12-14H,8-11H2,1-2H3;2-5,10-12H,6-9H2,1H3;1-6,11-12,23H,7-10,13H2. The van der Waals surface area contributed by atoms with Crippen molar-refractivity contribution in [2.75, 3.05) is 108 Å². The van der Waals surface area contributed by atoms with E-state index in [1.807, 2.05) is 122 Å². The van der Waals surface area contributed by atoms with Gasteiger partial charge in [-0.15, -0.1) is 0 Å². The van der Waals surface area contributed by atoms with Crippen molar-refractivity contribution < 1.29 is 28.5 Å². The maximum absolute atomic E-state index is 13.6. The van der Waals surface area contributed by atoms with Crippen molar-refractivity contribution in [2.45, 2.75) is 13.5 Å². The Morgan fingerprint density at radius 3 is 1.47 bits per heavy atom. The third kappa shape index (κ3) is 12.0. The number of aryl methyl sites for hydroxylation is 1. The summed E-state index contributed by atoms with van der Waals surface area (Å²) in [4.78, 5) is 48.3. The lowest BCUT2D eigenvalue weighted by molar-refractivity contribution is 0.0827. The number of carbonyl (C=O) groups is 1. The molecule has 3 aromatic heterocycles. The Morgan fingerprint density at radius 2 is 0.973 bits per heavy atom.